The van der Waals surface area contributed by atoms with Gasteiger partial charge in [-0.05, 0) is 63.6 Å². The predicted octanol–water partition coefficient (Wildman–Crippen LogP) is 5.17. The number of rotatable bonds is 5. The van der Waals surface area contributed by atoms with Crippen molar-refractivity contribution in [3.8, 4) is 0 Å². The zero-order valence-corrected chi connectivity index (χ0v) is 17.6. The Morgan fingerprint density at radius 3 is 2.53 bits per heavy atom. The SMILES string of the molecule is Cc1cnc(NC[C@H]2CC[C@H](NC(=O)c3cc(C(F)(F)F)ccc3Cl)CC2)c(C)n1. The van der Waals surface area contributed by atoms with Crippen LogP contribution in [0.3, 0.4) is 0 Å². The highest BCUT2D eigenvalue weighted by molar-refractivity contribution is 6.33. The maximum Gasteiger partial charge on any atom is 0.416 e. The van der Waals surface area contributed by atoms with Crippen LogP contribution in [0.1, 0.15) is 53.0 Å². The normalized spacial score (nSPS) is 19.4. The molecule has 1 aliphatic rings. The summed E-state index contributed by atoms with van der Waals surface area (Å²) in [7, 11) is 0. The van der Waals surface area contributed by atoms with Gasteiger partial charge in [0.1, 0.15) is 5.82 Å². The lowest BCUT2D eigenvalue weighted by atomic mass is 9.86. The summed E-state index contributed by atoms with van der Waals surface area (Å²) in [5, 5.41) is 6.17. The van der Waals surface area contributed by atoms with Gasteiger partial charge < -0.3 is 10.6 Å². The first kappa shape index (κ1) is 22.3. The van der Waals surface area contributed by atoms with Crippen LogP contribution in [0.25, 0.3) is 0 Å². The third-order valence-corrected chi connectivity index (χ3v) is 5.68. The number of carbonyl (C=O) groups excluding carboxylic acids is 1. The van der Waals surface area contributed by atoms with E-state index in [0.717, 1.165) is 67.6 Å². The maximum absolute atomic E-state index is 12.9. The van der Waals surface area contributed by atoms with Crippen molar-refractivity contribution in [3.63, 3.8) is 0 Å². The van der Waals surface area contributed by atoms with Gasteiger partial charge in [-0.2, -0.15) is 13.2 Å². The summed E-state index contributed by atoms with van der Waals surface area (Å²) in [5.74, 6) is 0.631. The van der Waals surface area contributed by atoms with Gasteiger partial charge in [-0.25, -0.2) is 4.98 Å². The van der Waals surface area contributed by atoms with Crippen LogP contribution in [-0.2, 0) is 6.18 Å². The molecule has 0 saturated heterocycles. The van der Waals surface area contributed by atoms with E-state index in [0.29, 0.717) is 5.92 Å². The summed E-state index contributed by atoms with van der Waals surface area (Å²) in [6.07, 6.45) is 0.505. The van der Waals surface area contributed by atoms with E-state index in [2.05, 4.69) is 20.6 Å². The number of hydrogen-bond acceptors (Lipinski definition) is 4. The number of amides is 1. The van der Waals surface area contributed by atoms with Crippen LogP contribution in [0.15, 0.2) is 24.4 Å². The van der Waals surface area contributed by atoms with Crippen molar-refractivity contribution < 1.29 is 18.0 Å². The zero-order valence-electron chi connectivity index (χ0n) is 16.8. The lowest BCUT2D eigenvalue weighted by Crippen LogP contribution is -2.38. The van der Waals surface area contributed by atoms with Crippen LogP contribution in [-0.4, -0.2) is 28.5 Å². The van der Waals surface area contributed by atoms with E-state index >= 15 is 0 Å². The fourth-order valence-electron chi connectivity index (χ4n) is 3.66. The predicted molar refractivity (Wildman–Crippen MR) is 110 cm³/mol. The first-order valence-electron chi connectivity index (χ1n) is 9.85. The highest BCUT2D eigenvalue weighted by Gasteiger charge is 2.32. The Kier molecular flexibility index (Phi) is 6.85. The lowest BCUT2D eigenvalue weighted by molar-refractivity contribution is -0.137. The number of carbonyl (C=O) groups is 1. The molecular weight excluding hydrogens is 417 g/mol. The smallest absolute Gasteiger partial charge is 0.368 e. The van der Waals surface area contributed by atoms with Crippen molar-refractivity contribution in [1.82, 2.24) is 15.3 Å². The monoisotopic (exact) mass is 440 g/mol. The van der Waals surface area contributed by atoms with Crippen LogP contribution < -0.4 is 10.6 Å². The van der Waals surface area contributed by atoms with Crippen LogP contribution >= 0.6 is 11.6 Å². The largest absolute Gasteiger partial charge is 0.416 e. The van der Waals surface area contributed by atoms with Crippen LogP contribution in [0.2, 0.25) is 5.02 Å². The van der Waals surface area contributed by atoms with E-state index in [1.165, 1.54) is 0 Å². The molecule has 5 nitrogen and oxygen atoms in total. The molecule has 1 amide bonds. The minimum absolute atomic E-state index is 0.00737. The third-order valence-electron chi connectivity index (χ3n) is 5.35. The van der Waals surface area contributed by atoms with E-state index in [4.69, 9.17) is 11.6 Å². The number of benzene rings is 1. The first-order valence-corrected chi connectivity index (χ1v) is 10.2. The molecule has 0 atom stereocenters. The Balaban J connectivity index is 1.51. The second-order valence-corrected chi connectivity index (χ2v) is 8.12. The minimum Gasteiger partial charge on any atom is -0.368 e. The molecule has 30 heavy (non-hydrogen) atoms. The number of aryl methyl sites for hydroxylation is 2. The van der Waals surface area contributed by atoms with Gasteiger partial charge >= 0.3 is 6.18 Å². The number of alkyl halides is 3. The summed E-state index contributed by atoms with van der Waals surface area (Å²) in [6, 6.07) is 2.70. The number of aromatic nitrogens is 2. The molecule has 2 N–H and O–H groups in total. The fraction of sp³-hybridized carbons (Fsp3) is 0.476. The van der Waals surface area contributed by atoms with Crippen molar-refractivity contribution in [2.24, 2.45) is 5.92 Å². The number of nitrogens with zero attached hydrogens (tertiary/aromatic N) is 2. The Bertz CT molecular complexity index is 912. The summed E-state index contributed by atoms with van der Waals surface area (Å²) >= 11 is 5.96. The Morgan fingerprint density at radius 2 is 1.90 bits per heavy atom. The molecule has 162 valence electrons. The highest BCUT2D eigenvalue weighted by atomic mass is 35.5. The van der Waals surface area contributed by atoms with Gasteiger partial charge in [-0.3, -0.25) is 9.78 Å². The molecule has 0 bridgehead atoms. The Hall–Kier alpha value is -2.35. The lowest BCUT2D eigenvalue weighted by Gasteiger charge is -2.29. The maximum atomic E-state index is 12.9. The average Bonchev–Trinajstić information content (AvgIpc) is 2.68. The standard InChI is InChI=1S/C21H24ClF3N4O/c1-12-10-26-19(13(2)28-12)27-11-14-3-6-16(7-4-14)29-20(30)17-9-15(21(23,24)25)5-8-18(17)22/h5,8-10,14,16H,3-4,6-7,11H2,1-2H3,(H,26,27)(H,29,30)/t14-,16-. The van der Waals surface area contributed by atoms with E-state index < -0.39 is 17.6 Å². The molecule has 2 aromatic rings. The molecule has 3 rings (SSSR count). The molecule has 1 aliphatic carbocycles. The van der Waals surface area contributed by atoms with Gasteiger partial charge in [0, 0.05) is 12.6 Å². The van der Waals surface area contributed by atoms with Gasteiger partial charge in [0.25, 0.3) is 5.91 Å². The molecule has 1 heterocycles. The average molecular weight is 441 g/mol. The van der Waals surface area contributed by atoms with Crippen molar-refractivity contribution in [2.75, 3.05) is 11.9 Å². The van der Waals surface area contributed by atoms with E-state index in [1.54, 1.807) is 6.20 Å². The molecule has 1 saturated carbocycles. The summed E-state index contributed by atoms with van der Waals surface area (Å²) in [6.45, 7) is 4.57. The third kappa shape index (κ3) is 5.62. The molecule has 0 unspecified atom stereocenters. The van der Waals surface area contributed by atoms with Crippen molar-refractivity contribution in [3.05, 3.63) is 51.9 Å². The van der Waals surface area contributed by atoms with Crippen molar-refractivity contribution in [2.45, 2.75) is 51.7 Å². The van der Waals surface area contributed by atoms with Gasteiger partial charge in [-0.15, -0.1) is 0 Å². The van der Waals surface area contributed by atoms with Crippen molar-refractivity contribution in [1.29, 1.82) is 0 Å². The van der Waals surface area contributed by atoms with Crippen LogP contribution in [0.4, 0.5) is 19.0 Å². The quantitative estimate of drug-likeness (QED) is 0.673. The second-order valence-electron chi connectivity index (χ2n) is 7.71. The summed E-state index contributed by atoms with van der Waals surface area (Å²) in [4.78, 5) is 21.2. The van der Waals surface area contributed by atoms with Crippen LogP contribution in [0.5, 0.6) is 0 Å². The van der Waals surface area contributed by atoms with Gasteiger partial charge in [0.2, 0.25) is 0 Å². The number of nitrogens with one attached hydrogen (secondary N) is 2. The Labute approximate surface area is 178 Å². The molecule has 9 heteroatoms. The molecule has 1 aromatic carbocycles. The fourth-order valence-corrected chi connectivity index (χ4v) is 3.87. The first-order chi connectivity index (χ1) is 14.1. The van der Waals surface area contributed by atoms with Gasteiger partial charge in [0.15, 0.2) is 0 Å². The van der Waals surface area contributed by atoms with E-state index in [-0.39, 0.29) is 16.6 Å². The minimum atomic E-state index is -4.52. The van der Waals surface area contributed by atoms with Crippen molar-refractivity contribution >= 4 is 23.3 Å². The zero-order chi connectivity index (χ0) is 21.9. The summed E-state index contributed by atoms with van der Waals surface area (Å²) in [5.41, 5.74) is 0.689. The number of anilines is 1. The van der Waals surface area contributed by atoms with Gasteiger partial charge in [-0.1, -0.05) is 11.6 Å². The number of halogens is 4. The number of hydrogen-bond donors (Lipinski definition) is 2. The van der Waals surface area contributed by atoms with Gasteiger partial charge in [0.05, 0.1) is 33.7 Å². The molecule has 1 fully saturated rings. The molecule has 0 aliphatic heterocycles. The summed E-state index contributed by atoms with van der Waals surface area (Å²) < 4.78 is 38.7. The second kappa shape index (κ2) is 9.20. The topological polar surface area (TPSA) is 66.9 Å². The van der Waals surface area contributed by atoms with E-state index in [1.807, 2.05) is 13.8 Å². The Morgan fingerprint density at radius 1 is 1.20 bits per heavy atom. The van der Waals surface area contributed by atoms with Crippen LogP contribution in [0, 0.1) is 19.8 Å². The molecule has 0 spiro atoms. The van der Waals surface area contributed by atoms with E-state index in [9.17, 15) is 18.0 Å². The molecular formula is C21H24ClF3N4O. The molecule has 0 radical (unpaired) electrons. The molecule has 1 aromatic heterocycles. The highest BCUT2D eigenvalue weighted by Crippen LogP contribution is 2.32.